The van der Waals surface area contributed by atoms with Gasteiger partial charge in [-0.1, -0.05) is 63.9 Å². The maximum atomic E-state index is 14.7. The van der Waals surface area contributed by atoms with Crippen LogP contribution in [-0.4, -0.2) is 13.2 Å². The Balaban J connectivity index is 1.95. The first-order valence-corrected chi connectivity index (χ1v) is 11.5. The Morgan fingerprint density at radius 1 is 0.943 bits per heavy atom. The lowest BCUT2D eigenvalue weighted by Gasteiger charge is -2.18. The van der Waals surface area contributed by atoms with Crippen LogP contribution in [0.4, 0.5) is 17.6 Å². The van der Waals surface area contributed by atoms with E-state index in [0.29, 0.717) is 18.4 Å². The molecule has 0 saturated carbocycles. The minimum absolute atomic E-state index is 0.0151. The van der Waals surface area contributed by atoms with Gasteiger partial charge in [0.05, 0.1) is 13.2 Å². The van der Waals surface area contributed by atoms with Crippen LogP contribution >= 0.6 is 0 Å². The van der Waals surface area contributed by atoms with Gasteiger partial charge in [0.2, 0.25) is 5.82 Å². The molecular weight excluding hydrogens is 456 g/mol. The Kier molecular flexibility index (Phi) is 10.4. The van der Waals surface area contributed by atoms with Gasteiger partial charge in [-0.15, -0.1) is 0 Å². The van der Waals surface area contributed by atoms with Crippen molar-refractivity contribution in [3.8, 4) is 16.9 Å². The van der Waals surface area contributed by atoms with Gasteiger partial charge in [-0.25, -0.2) is 8.78 Å². The number of hydrogen-bond acceptors (Lipinski definition) is 2. The summed E-state index contributed by atoms with van der Waals surface area (Å²) in [5.74, 6) is -5.20. The molecule has 0 heterocycles. The normalized spacial score (nSPS) is 13.5. The van der Waals surface area contributed by atoms with E-state index < -0.39 is 23.3 Å². The topological polar surface area (TPSA) is 18.5 Å². The predicted molar refractivity (Wildman–Crippen MR) is 134 cm³/mol. The highest BCUT2D eigenvalue weighted by Crippen LogP contribution is 2.32. The van der Waals surface area contributed by atoms with Gasteiger partial charge in [-0.3, -0.25) is 0 Å². The van der Waals surface area contributed by atoms with Crippen molar-refractivity contribution in [1.29, 1.82) is 0 Å². The van der Waals surface area contributed by atoms with E-state index in [-0.39, 0.29) is 47.7 Å². The molecule has 2 atom stereocenters. The molecule has 0 spiro atoms. The lowest BCUT2D eigenvalue weighted by atomic mass is 9.92. The van der Waals surface area contributed by atoms with Crippen molar-refractivity contribution in [3.63, 3.8) is 0 Å². The van der Waals surface area contributed by atoms with Gasteiger partial charge in [0.25, 0.3) is 0 Å². The number of rotatable bonds is 13. The van der Waals surface area contributed by atoms with Crippen molar-refractivity contribution >= 4 is 6.08 Å². The van der Waals surface area contributed by atoms with E-state index in [9.17, 15) is 17.6 Å². The summed E-state index contributed by atoms with van der Waals surface area (Å²) in [6.07, 6.45) is 2.75. The highest BCUT2D eigenvalue weighted by atomic mass is 19.2. The van der Waals surface area contributed by atoms with Crippen LogP contribution in [0.25, 0.3) is 17.2 Å². The lowest BCUT2D eigenvalue weighted by molar-refractivity contribution is 0.223. The standard InChI is InChI=1S/C29H32F4O2/c1-7-22-11-13-23(14-12-22)24-15-16-25(29(33)28(24)32)35-17-18(3)9-10-19(4)20(5)26(30)27(31)21(6)34-8-2/h7,11-16,18-19H,1,5-6,8-10,17H2,2-4H3/b27-26-. The number of ether oxygens (including phenoxy) is 2. The largest absolute Gasteiger partial charge is 0.491 e. The second-order valence-corrected chi connectivity index (χ2v) is 8.47. The average Bonchev–Trinajstić information content (AvgIpc) is 2.86. The Hall–Kier alpha value is -3.28. The molecule has 2 unspecified atom stereocenters. The highest BCUT2D eigenvalue weighted by Gasteiger charge is 2.20. The van der Waals surface area contributed by atoms with E-state index in [0.717, 1.165) is 5.56 Å². The number of allylic oxidation sites excluding steroid dienone is 3. The van der Waals surface area contributed by atoms with Gasteiger partial charge in [-0.05, 0) is 60.4 Å². The Morgan fingerprint density at radius 3 is 2.20 bits per heavy atom. The summed E-state index contributed by atoms with van der Waals surface area (Å²) in [5.41, 5.74) is 1.58. The van der Waals surface area contributed by atoms with Gasteiger partial charge in [0, 0.05) is 5.56 Å². The Labute approximate surface area is 205 Å². The maximum absolute atomic E-state index is 14.7. The molecule has 0 aliphatic carbocycles. The molecule has 0 bridgehead atoms. The smallest absolute Gasteiger partial charge is 0.201 e. The minimum Gasteiger partial charge on any atom is -0.491 e. The first-order valence-electron chi connectivity index (χ1n) is 11.5. The van der Waals surface area contributed by atoms with E-state index in [2.05, 4.69) is 19.7 Å². The van der Waals surface area contributed by atoms with E-state index in [1.807, 2.05) is 6.92 Å². The summed E-state index contributed by atoms with van der Waals surface area (Å²) in [7, 11) is 0. The molecule has 0 saturated heterocycles. The van der Waals surface area contributed by atoms with Crippen LogP contribution < -0.4 is 4.74 Å². The number of halogens is 4. The molecule has 2 aromatic rings. The zero-order valence-electron chi connectivity index (χ0n) is 20.5. The molecule has 0 fully saturated rings. The summed E-state index contributed by atoms with van der Waals surface area (Å²) in [4.78, 5) is 0. The van der Waals surface area contributed by atoms with Crippen LogP contribution in [0.2, 0.25) is 0 Å². The molecule has 6 heteroatoms. The van der Waals surface area contributed by atoms with E-state index >= 15 is 0 Å². The summed E-state index contributed by atoms with van der Waals surface area (Å²) < 4.78 is 68.1. The van der Waals surface area contributed by atoms with Gasteiger partial charge < -0.3 is 9.47 Å². The summed E-state index contributed by atoms with van der Waals surface area (Å²) >= 11 is 0. The van der Waals surface area contributed by atoms with Crippen molar-refractivity contribution in [2.24, 2.45) is 11.8 Å². The molecule has 0 N–H and O–H groups in total. The van der Waals surface area contributed by atoms with Crippen LogP contribution in [0, 0.1) is 23.5 Å². The molecule has 2 aromatic carbocycles. The summed E-state index contributed by atoms with van der Waals surface area (Å²) in [6, 6.07) is 9.82. The number of benzene rings is 2. The van der Waals surface area contributed by atoms with Crippen molar-refractivity contribution in [2.75, 3.05) is 13.2 Å². The maximum Gasteiger partial charge on any atom is 0.201 e. The monoisotopic (exact) mass is 488 g/mol. The predicted octanol–water partition coefficient (Wildman–Crippen LogP) is 8.96. The van der Waals surface area contributed by atoms with Gasteiger partial charge >= 0.3 is 0 Å². The highest BCUT2D eigenvalue weighted by molar-refractivity contribution is 5.67. The SMILES string of the molecule is C=Cc1ccc(-c2ccc(OCC(C)CCC(C)C(=C)/C(F)=C(/F)C(=C)OCC)c(F)c2F)cc1. The fourth-order valence-electron chi connectivity index (χ4n) is 3.41. The second-order valence-electron chi connectivity index (χ2n) is 8.47. The van der Waals surface area contributed by atoms with Crippen LogP contribution in [0.5, 0.6) is 5.75 Å². The van der Waals surface area contributed by atoms with Crippen molar-refractivity contribution < 1.29 is 27.0 Å². The molecule has 0 radical (unpaired) electrons. The summed E-state index contributed by atoms with van der Waals surface area (Å²) in [5, 5.41) is 0. The summed E-state index contributed by atoms with van der Waals surface area (Å²) in [6.45, 7) is 16.3. The molecule has 0 aliphatic rings. The zero-order valence-corrected chi connectivity index (χ0v) is 20.5. The van der Waals surface area contributed by atoms with E-state index in [4.69, 9.17) is 9.47 Å². The molecule has 188 valence electrons. The third-order valence-corrected chi connectivity index (χ3v) is 5.75. The van der Waals surface area contributed by atoms with E-state index in [1.165, 1.54) is 12.1 Å². The molecule has 0 amide bonds. The minimum atomic E-state index is -1.15. The molecule has 2 rings (SSSR count). The lowest BCUT2D eigenvalue weighted by Crippen LogP contribution is -2.12. The zero-order chi connectivity index (χ0) is 26.1. The molecule has 0 aliphatic heterocycles. The molecular formula is C29H32F4O2. The van der Waals surface area contributed by atoms with Gasteiger partial charge in [0.1, 0.15) is 0 Å². The van der Waals surface area contributed by atoms with Crippen LogP contribution in [0.3, 0.4) is 0 Å². The first-order chi connectivity index (χ1) is 16.6. The van der Waals surface area contributed by atoms with Gasteiger partial charge in [-0.2, -0.15) is 8.78 Å². The third-order valence-electron chi connectivity index (χ3n) is 5.75. The Morgan fingerprint density at radius 2 is 1.60 bits per heavy atom. The quantitative estimate of drug-likeness (QED) is 0.159. The molecule has 0 aromatic heterocycles. The number of hydrogen-bond donors (Lipinski definition) is 0. The van der Waals surface area contributed by atoms with Crippen molar-refractivity contribution in [3.05, 3.63) is 96.3 Å². The van der Waals surface area contributed by atoms with E-state index in [1.54, 1.807) is 44.2 Å². The van der Waals surface area contributed by atoms with Crippen LogP contribution in [0.1, 0.15) is 39.2 Å². The fraction of sp³-hybridized carbons (Fsp3) is 0.310. The van der Waals surface area contributed by atoms with Gasteiger partial charge in [0.15, 0.2) is 29.0 Å². The molecule has 35 heavy (non-hydrogen) atoms. The first kappa shape index (κ1) is 28.0. The third kappa shape index (κ3) is 7.35. The van der Waals surface area contributed by atoms with Crippen LogP contribution in [0.15, 0.2) is 79.1 Å². The Bertz CT molecular complexity index is 1090. The fourth-order valence-corrected chi connectivity index (χ4v) is 3.41. The molecule has 2 nitrogen and oxygen atoms in total. The second kappa shape index (κ2) is 13.0. The van der Waals surface area contributed by atoms with Crippen LogP contribution in [-0.2, 0) is 4.74 Å². The van der Waals surface area contributed by atoms with Crippen molar-refractivity contribution in [1.82, 2.24) is 0 Å². The average molecular weight is 489 g/mol. The van der Waals surface area contributed by atoms with Crippen molar-refractivity contribution in [2.45, 2.75) is 33.6 Å².